The molecule has 2 fully saturated rings. The first-order chi connectivity index (χ1) is 8.12. The van der Waals surface area contributed by atoms with Gasteiger partial charge in [-0.3, -0.25) is 4.79 Å². The first kappa shape index (κ1) is 13.8. The first-order valence-corrected chi connectivity index (χ1v) is 7.01. The van der Waals surface area contributed by atoms with Crippen LogP contribution in [0.2, 0.25) is 0 Å². The number of amides is 1. The van der Waals surface area contributed by atoms with Crippen molar-refractivity contribution in [3.05, 3.63) is 0 Å². The fourth-order valence-electron chi connectivity index (χ4n) is 3.54. The van der Waals surface area contributed by atoms with Gasteiger partial charge in [-0.2, -0.15) is 0 Å². The SMILES string of the molecule is CC1(C)CC(NC(=O)C2(N)CCC2)CC(C)(C)N1. The summed E-state index contributed by atoms with van der Waals surface area (Å²) in [4.78, 5) is 12.2. The Kier molecular flexibility index (Phi) is 3.23. The minimum absolute atomic E-state index is 0.0484. The van der Waals surface area contributed by atoms with Crippen LogP contribution in [-0.4, -0.2) is 28.6 Å². The van der Waals surface area contributed by atoms with E-state index in [4.69, 9.17) is 5.73 Å². The number of hydrogen-bond donors (Lipinski definition) is 3. The van der Waals surface area contributed by atoms with Gasteiger partial charge in [-0.25, -0.2) is 0 Å². The Balaban J connectivity index is 1.98. The van der Waals surface area contributed by atoms with E-state index in [0.29, 0.717) is 0 Å². The van der Waals surface area contributed by atoms with Gasteiger partial charge in [-0.15, -0.1) is 0 Å². The highest BCUT2D eigenvalue weighted by molar-refractivity contribution is 5.87. The summed E-state index contributed by atoms with van der Waals surface area (Å²) < 4.78 is 0. The molecule has 0 atom stereocenters. The molecule has 2 rings (SSSR count). The van der Waals surface area contributed by atoms with Crippen LogP contribution in [0.5, 0.6) is 0 Å². The number of hydrogen-bond acceptors (Lipinski definition) is 3. The van der Waals surface area contributed by atoms with Gasteiger partial charge in [-0.05, 0) is 59.8 Å². The molecule has 1 saturated carbocycles. The second kappa shape index (κ2) is 4.20. The van der Waals surface area contributed by atoms with Gasteiger partial charge < -0.3 is 16.4 Å². The van der Waals surface area contributed by atoms with E-state index >= 15 is 0 Å². The van der Waals surface area contributed by atoms with Gasteiger partial charge in [0, 0.05) is 17.1 Å². The van der Waals surface area contributed by atoms with Crippen molar-refractivity contribution in [1.82, 2.24) is 10.6 Å². The Labute approximate surface area is 110 Å². The van der Waals surface area contributed by atoms with Gasteiger partial charge in [-0.1, -0.05) is 0 Å². The highest BCUT2D eigenvalue weighted by atomic mass is 16.2. The van der Waals surface area contributed by atoms with E-state index in [0.717, 1.165) is 32.1 Å². The Hall–Kier alpha value is -0.610. The summed E-state index contributed by atoms with van der Waals surface area (Å²) in [6.07, 6.45) is 4.65. The van der Waals surface area contributed by atoms with Crippen molar-refractivity contribution >= 4 is 5.91 Å². The third-order valence-electron chi connectivity index (χ3n) is 4.22. The maximum absolute atomic E-state index is 12.2. The lowest BCUT2D eigenvalue weighted by molar-refractivity contribution is -0.130. The van der Waals surface area contributed by atoms with E-state index < -0.39 is 5.54 Å². The molecule has 4 N–H and O–H groups in total. The van der Waals surface area contributed by atoms with Gasteiger partial charge in [0.2, 0.25) is 5.91 Å². The molecule has 104 valence electrons. The van der Waals surface area contributed by atoms with Crippen LogP contribution in [0.4, 0.5) is 0 Å². The summed E-state index contributed by atoms with van der Waals surface area (Å²) in [5, 5.41) is 6.79. The molecule has 1 aliphatic heterocycles. The largest absolute Gasteiger partial charge is 0.352 e. The molecule has 1 amide bonds. The minimum atomic E-state index is -0.584. The highest BCUT2D eigenvalue weighted by Crippen LogP contribution is 2.32. The molecule has 0 spiro atoms. The first-order valence-electron chi connectivity index (χ1n) is 7.01. The average molecular weight is 253 g/mol. The summed E-state index contributed by atoms with van der Waals surface area (Å²) in [7, 11) is 0. The predicted octanol–water partition coefficient (Wildman–Crippen LogP) is 1.29. The molecule has 0 bridgehead atoms. The molecule has 18 heavy (non-hydrogen) atoms. The molecule has 0 aromatic carbocycles. The lowest BCUT2D eigenvalue weighted by Crippen LogP contribution is -2.65. The van der Waals surface area contributed by atoms with Gasteiger partial charge >= 0.3 is 0 Å². The zero-order valence-electron chi connectivity index (χ0n) is 12.1. The summed E-state index contributed by atoms with van der Waals surface area (Å²) in [6, 6.07) is 0.227. The molecule has 2 aliphatic rings. The van der Waals surface area contributed by atoms with Crippen molar-refractivity contribution in [2.24, 2.45) is 5.73 Å². The molecule has 0 radical (unpaired) electrons. The highest BCUT2D eigenvalue weighted by Gasteiger charge is 2.43. The summed E-state index contributed by atoms with van der Waals surface area (Å²) in [5.74, 6) is 0.0484. The Bertz CT molecular complexity index is 329. The summed E-state index contributed by atoms with van der Waals surface area (Å²) >= 11 is 0. The quantitative estimate of drug-likeness (QED) is 0.695. The second-order valence-corrected chi connectivity index (χ2v) is 7.48. The van der Waals surface area contributed by atoms with Gasteiger partial charge in [0.1, 0.15) is 0 Å². The van der Waals surface area contributed by atoms with Crippen molar-refractivity contribution in [2.45, 2.75) is 82.5 Å². The normalized spacial score (nSPS) is 29.4. The van der Waals surface area contributed by atoms with E-state index in [1.807, 2.05) is 0 Å². The molecule has 0 aromatic heterocycles. The topological polar surface area (TPSA) is 67.2 Å². The van der Waals surface area contributed by atoms with Crippen LogP contribution in [-0.2, 0) is 4.79 Å². The zero-order chi connectivity index (χ0) is 13.6. The van der Waals surface area contributed by atoms with Gasteiger partial charge in [0.25, 0.3) is 0 Å². The molecular formula is C14H27N3O. The van der Waals surface area contributed by atoms with Crippen LogP contribution in [0.1, 0.15) is 59.8 Å². The zero-order valence-corrected chi connectivity index (χ0v) is 12.1. The Morgan fingerprint density at radius 1 is 1.17 bits per heavy atom. The van der Waals surface area contributed by atoms with Crippen LogP contribution < -0.4 is 16.4 Å². The Morgan fingerprint density at radius 2 is 1.67 bits per heavy atom. The molecule has 4 heteroatoms. The maximum Gasteiger partial charge on any atom is 0.240 e. The van der Waals surface area contributed by atoms with Crippen molar-refractivity contribution in [2.75, 3.05) is 0 Å². The van der Waals surface area contributed by atoms with E-state index in [2.05, 4.69) is 38.3 Å². The van der Waals surface area contributed by atoms with Gasteiger partial charge in [0.05, 0.1) is 5.54 Å². The second-order valence-electron chi connectivity index (χ2n) is 7.48. The molecule has 1 heterocycles. The molecule has 1 saturated heterocycles. The Morgan fingerprint density at radius 3 is 2.06 bits per heavy atom. The lowest BCUT2D eigenvalue weighted by Gasteiger charge is -2.47. The number of nitrogens with one attached hydrogen (secondary N) is 2. The minimum Gasteiger partial charge on any atom is -0.352 e. The average Bonchev–Trinajstić information content (AvgIpc) is 2.08. The molecule has 0 unspecified atom stereocenters. The van der Waals surface area contributed by atoms with Crippen LogP contribution in [0.25, 0.3) is 0 Å². The number of carbonyl (C=O) groups excluding carboxylic acids is 1. The fraction of sp³-hybridized carbons (Fsp3) is 0.929. The summed E-state index contributed by atoms with van der Waals surface area (Å²) in [5.41, 5.74) is 5.60. The molecule has 0 aromatic rings. The van der Waals surface area contributed by atoms with E-state index in [9.17, 15) is 4.79 Å². The standard InChI is InChI=1S/C14H27N3O/c1-12(2)8-10(9-13(3,4)17-12)16-11(18)14(15)6-5-7-14/h10,17H,5-9,15H2,1-4H3,(H,16,18). The van der Waals surface area contributed by atoms with Crippen molar-refractivity contribution in [3.63, 3.8) is 0 Å². The lowest BCUT2D eigenvalue weighted by atomic mass is 9.75. The maximum atomic E-state index is 12.2. The van der Waals surface area contributed by atoms with E-state index in [1.54, 1.807) is 0 Å². The molecular weight excluding hydrogens is 226 g/mol. The van der Waals surface area contributed by atoms with Crippen molar-refractivity contribution in [3.8, 4) is 0 Å². The number of nitrogens with two attached hydrogens (primary N) is 1. The van der Waals surface area contributed by atoms with Crippen LogP contribution in [0.15, 0.2) is 0 Å². The molecule has 4 nitrogen and oxygen atoms in total. The van der Waals surface area contributed by atoms with Crippen LogP contribution in [0.3, 0.4) is 0 Å². The smallest absolute Gasteiger partial charge is 0.240 e. The predicted molar refractivity (Wildman–Crippen MR) is 73.2 cm³/mol. The van der Waals surface area contributed by atoms with Crippen LogP contribution in [0, 0.1) is 0 Å². The van der Waals surface area contributed by atoms with E-state index in [1.165, 1.54) is 0 Å². The third kappa shape index (κ3) is 2.86. The van der Waals surface area contributed by atoms with Crippen molar-refractivity contribution < 1.29 is 4.79 Å². The van der Waals surface area contributed by atoms with E-state index in [-0.39, 0.29) is 23.0 Å². The summed E-state index contributed by atoms with van der Waals surface area (Å²) in [6.45, 7) is 8.76. The van der Waals surface area contributed by atoms with Crippen molar-refractivity contribution in [1.29, 1.82) is 0 Å². The third-order valence-corrected chi connectivity index (χ3v) is 4.22. The van der Waals surface area contributed by atoms with Crippen LogP contribution >= 0.6 is 0 Å². The van der Waals surface area contributed by atoms with Gasteiger partial charge in [0.15, 0.2) is 0 Å². The molecule has 1 aliphatic carbocycles. The monoisotopic (exact) mass is 253 g/mol. The number of carbonyl (C=O) groups is 1. The number of rotatable bonds is 2. The fourth-order valence-corrected chi connectivity index (χ4v) is 3.54. The number of piperidine rings is 1.